The Bertz CT molecular complexity index is 479. The van der Waals surface area contributed by atoms with E-state index in [0.717, 1.165) is 12.8 Å². The van der Waals surface area contributed by atoms with E-state index in [-0.39, 0.29) is 17.9 Å². The monoisotopic (exact) mass is 237 g/mol. The molecular formula is C11H15N3O3. The van der Waals surface area contributed by atoms with Gasteiger partial charge in [0.1, 0.15) is 6.54 Å². The summed E-state index contributed by atoms with van der Waals surface area (Å²) in [5.41, 5.74) is -0.151. The van der Waals surface area contributed by atoms with Crippen LogP contribution in [0.15, 0.2) is 17.2 Å². The fraction of sp³-hybridized carbons (Fsp3) is 0.545. The summed E-state index contributed by atoms with van der Waals surface area (Å²) in [4.78, 5) is 28.7. The maximum atomic E-state index is 12.1. The number of carbonyl (C=O) groups is 1. The normalized spacial score (nSPS) is 14.5. The molecule has 0 atom stereocenters. The molecule has 17 heavy (non-hydrogen) atoms. The Morgan fingerprint density at radius 2 is 2.35 bits per heavy atom. The predicted octanol–water partition coefficient (Wildman–Crippen LogP) is 0.187. The molecule has 0 spiro atoms. The summed E-state index contributed by atoms with van der Waals surface area (Å²) >= 11 is 0. The number of methoxy groups -OCH3 is 1. The van der Waals surface area contributed by atoms with E-state index in [9.17, 15) is 9.59 Å². The van der Waals surface area contributed by atoms with E-state index in [0.29, 0.717) is 6.04 Å². The fourth-order valence-electron chi connectivity index (χ4n) is 1.65. The molecule has 1 saturated carbocycles. The minimum atomic E-state index is -0.393. The Kier molecular flexibility index (Phi) is 3.12. The molecular weight excluding hydrogens is 222 g/mol. The molecule has 0 radical (unpaired) electrons. The highest BCUT2D eigenvalue weighted by molar-refractivity contribution is 5.74. The highest BCUT2D eigenvalue weighted by atomic mass is 16.5. The zero-order valence-corrected chi connectivity index (χ0v) is 9.92. The molecule has 2 rings (SSSR count). The van der Waals surface area contributed by atoms with Crippen LogP contribution in [0.5, 0.6) is 0 Å². The second-order valence-corrected chi connectivity index (χ2v) is 4.13. The zero-order chi connectivity index (χ0) is 12.4. The van der Waals surface area contributed by atoms with Crippen LogP contribution in [-0.2, 0) is 9.53 Å². The van der Waals surface area contributed by atoms with Gasteiger partial charge in [0.15, 0.2) is 5.82 Å². The molecule has 1 fully saturated rings. The smallest absolute Gasteiger partial charge is 0.325 e. The van der Waals surface area contributed by atoms with Crippen molar-refractivity contribution < 1.29 is 9.53 Å². The minimum absolute atomic E-state index is 0.0212. The van der Waals surface area contributed by atoms with Crippen molar-refractivity contribution in [2.24, 2.45) is 0 Å². The number of rotatable bonds is 4. The largest absolute Gasteiger partial charge is 0.468 e. The second-order valence-electron chi connectivity index (χ2n) is 4.13. The number of likely N-dealkylation sites (N-methyl/N-ethyl adjacent to an activating group) is 1. The van der Waals surface area contributed by atoms with Crippen molar-refractivity contribution in [1.82, 2.24) is 9.55 Å². The summed E-state index contributed by atoms with van der Waals surface area (Å²) in [6.07, 6.45) is 5.34. The summed E-state index contributed by atoms with van der Waals surface area (Å²) < 4.78 is 6.23. The van der Waals surface area contributed by atoms with Crippen LogP contribution in [0.4, 0.5) is 5.82 Å². The summed E-state index contributed by atoms with van der Waals surface area (Å²) in [6.45, 7) is 0.0212. The van der Waals surface area contributed by atoms with Crippen LogP contribution in [-0.4, -0.2) is 36.2 Å². The summed E-state index contributed by atoms with van der Waals surface area (Å²) in [5.74, 6) is -0.111. The van der Waals surface area contributed by atoms with Crippen LogP contribution in [0.3, 0.4) is 0 Å². The van der Waals surface area contributed by atoms with Crippen LogP contribution in [0, 0.1) is 0 Å². The molecule has 92 valence electrons. The lowest BCUT2D eigenvalue weighted by Crippen LogP contribution is -2.34. The van der Waals surface area contributed by atoms with E-state index < -0.39 is 5.97 Å². The fourth-order valence-corrected chi connectivity index (χ4v) is 1.65. The number of hydrogen-bond donors (Lipinski definition) is 0. The number of ether oxygens (including phenoxy) is 1. The maximum absolute atomic E-state index is 12.1. The average molecular weight is 237 g/mol. The lowest BCUT2D eigenvalue weighted by Gasteiger charge is -2.16. The van der Waals surface area contributed by atoms with Crippen LogP contribution in [0.25, 0.3) is 0 Å². The van der Waals surface area contributed by atoms with E-state index in [1.54, 1.807) is 24.0 Å². The van der Waals surface area contributed by atoms with Gasteiger partial charge in [0, 0.05) is 25.5 Å². The number of esters is 1. The molecule has 1 aromatic rings. The van der Waals surface area contributed by atoms with Gasteiger partial charge in [-0.1, -0.05) is 0 Å². The molecule has 1 aliphatic rings. The number of carbonyl (C=O) groups excluding carboxylic acids is 1. The number of nitrogens with zero attached hydrogens (tertiary/aromatic N) is 3. The van der Waals surface area contributed by atoms with E-state index in [2.05, 4.69) is 9.72 Å². The van der Waals surface area contributed by atoms with Gasteiger partial charge in [0.2, 0.25) is 0 Å². The van der Waals surface area contributed by atoms with Gasteiger partial charge in [0.25, 0.3) is 5.56 Å². The third-order valence-corrected chi connectivity index (χ3v) is 2.75. The van der Waals surface area contributed by atoms with Crippen molar-refractivity contribution in [3.05, 3.63) is 22.7 Å². The average Bonchev–Trinajstić information content (AvgIpc) is 3.13. The third-order valence-electron chi connectivity index (χ3n) is 2.75. The van der Waals surface area contributed by atoms with Crippen molar-refractivity contribution in [3.8, 4) is 0 Å². The predicted molar refractivity (Wildman–Crippen MR) is 62.1 cm³/mol. The van der Waals surface area contributed by atoms with Gasteiger partial charge in [0.05, 0.1) is 7.11 Å². The zero-order valence-electron chi connectivity index (χ0n) is 9.92. The van der Waals surface area contributed by atoms with Crippen molar-refractivity contribution >= 4 is 11.8 Å². The van der Waals surface area contributed by atoms with E-state index >= 15 is 0 Å². The second kappa shape index (κ2) is 4.57. The van der Waals surface area contributed by atoms with Gasteiger partial charge in [-0.15, -0.1) is 0 Å². The van der Waals surface area contributed by atoms with Gasteiger partial charge < -0.3 is 14.2 Å². The molecule has 0 N–H and O–H groups in total. The maximum Gasteiger partial charge on any atom is 0.325 e. The molecule has 0 aromatic carbocycles. The molecule has 1 aliphatic carbocycles. The van der Waals surface area contributed by atoms with Crippen molar-refractivity contribution in [1.29, 1.82) is 0 Å². The molecule has 0 unspecified atom stereocenters. The number of anilines is 1. The van der Waals surface area contributed by atoms with Crippen LogP contribution in [0.1, 0.15) is 18.9 Å². The van der Waals surface area contributed by atoms with Crippen molar-refractivity contribution in [2.45, 2.75) is 18.9 Å². The minimum Gasteiger partial charge on any atom is -0.468 e. The standard InChI is InChI=1S/C11H15N3O3/c1-13(7-9(15)17-2)10-11(16)14(6-5-12-10)8-3-4-8/h5-6,8H,3-4,7H2,1-2H3. The quantitative estimate of drug-likeness (QED) is 0.699. The SMILES string of the molecule is COC(=O)CN(C)c1nccn(C2CC2)c1=O. The topological polar surface area (TPSA) is 64.4 Å². The number of hydrogen-bond acceptors (Lipinski definition) is 5. The van der Waals surface area contributed by atoms with Crippen molar-refractivity contribution in [3.63, 3.8) is 0 Å². The van der Waals surface area contributed by atoms with Gasteiger partial charge in [-0.25, -0.2) is 4.98 Å². The first kappa shape index (κ1) is 11.6. The Balaban J connectivity index is 2.23. The molecule has 1 heterocycles. The lowest BCUT2D eigenvalue weighted by molar-refractivity contribution is -0.138. The van der Waals surface area contributed by atoms with Crippen LogP contribution in [0.2, 0.25) is 0 Å². The molecule has 6 heteroatoms. The van der Waals surface area contributed by atoms with Gasteiger partial charge >= 0.3 is 5.97 Å². The van der Waals surface area contributed by atoms with Gasteiger partial charge in [-0.2, -0.15) is 0 Å². The summed E-state index contributed by atoms with van der Waals surface area (Å²) in [6, 6.07) is 0.302. The van der Waals surface area contributed by atoms with E-state index in [1.807, 2.05) is 0 Å². The van der Waals surface area contributed by atoms with E-state index in [1.165, 1.54) is 12.0 Å². The number of aromatic nitrogens is 2. The van der Waals surface area contributed by atoms with Crippen molar-refractivity contribution in [2.75, 3.05) is 25.6 Å². The first-order valence-corrected chi connectivity index (χ1v) is 5.48. The van der Waals surface area contributed by atoms with Crippen LogP contribution >= 0.6 is 0 Å². The highest BCUT2D eigenvalue weighted by Gasteiger charge is 2.26. The lowest BCUT2D eigenvalue weighted by atomic mass is 10.5. The Morgan fingerprint density at radius 3 is 2.94 bits per heavy atom. The Hall–Kier alpha value is -1.85. The van der Waals surface area contributed by atoms with Crippen LogP contribution < -0.4 is 10.5 Å². The highest BCUT2D eigenvalue weighted by Crippen LogP contribution is 2.33. The van der Waals surface area contributed by atoms with Gasteiger partial charge in [-0.3, -0.25) is 9.59 Å². The molecule has 0 amide bonds. The molecule has 0 bridgehead atoms. The van der Waals surface area contributed by atoms with Gasteiger partial charge in [-0.05, 0) is 12.8 Å². The van der Waals surface area contributed by atoms with E-state index in [4.69, 9.17) is 0 Å². The third kappa shape index (κ3) is 2.46. The first-order chi connectivity index (χ1) is 8.13. The molecule has 6 nitrogen and oxygen atoms in total. The molecule has 1 aromatic heterocycles. The Morgan fingerprint density at radius 1 is 1.65 bits per heavy atom. The Labute approximate surface area is 98.8 Å². The first-order valence-electron chi connectivity index (χ1n) is 5.48. The molecule has 0 aliphatic heterocycles. The summed E-state index contributed by atoms with van der Waals surface area (Å²) in [5, 5.41) is 0. The summed E-state index contributed by atoms with van der Waals surface area (Å²) in [7, 11) is 2.97. The molecule has 0 saturated heterocycles.